The van der Waals surface area contributed by atoms with Gasteiger partial charge >= 0.3 is 7.60 Å². The molecule has 0 amide bonds. The van der Waals surface area contributed by atoms with Gasteiger partial charge in [0.25, 0.3) is 0 Å². The van der Waals surface area contributed by atoms with Gasteiger partial charge in [0.1, 0.15) is 10.4 Å². The lowest BCUT2D eigenvalue weighted by Crippen LogP contribution is -2.16. The van der Waals surface area contributed by atoms with Crippen molar-refractivity contribution in [1.29, 1.82) is 5.26 Å². The van der Waals surface area contributed by atoms with Crippen LogP contribution < -0.4 is 0 Å². The first-order valence-corrected chi connectivity index (χ1v) is 9.36. The second-order valence-corrected chi connectivity index (χ2v) is 8.47. The number of thiocyanates is 1. The zero-order chi connectivity index (χ0) is 14.9. The molecule has 0 bridgehead atoms. The van der Waals surface area contributed by atoms with Crippen LogP contribution in [0.4, 0.5) is 0 Å². The van der Waals surface area contributed by atoms with Crippen LogP contribution in [0.5, 0.6) is 0 Å². The fourth-order valence-corrected chi connectivity index (χ4v) is 5.02. The molecule has 112 valence electrons. The molecule has 0 N–H and O–H groups in total. The fourth-order valence-electron chi connectivity index (χ4n) is 1.66. The minimum absolute atomic E-state index is 0.183. The summed E-state index contributed by atoms with van der Waals surface area (Å²) in [5.41, 5.74) is 0. The molecule has 6 heteroatoms. The zero-order valence-electron chi connectivity index (χ0n) is 12.6. The third-order valence-corrected chi connectivity index (χ3v) is 6.41. The maximum atomic E-state index is 12.9. The molecule has 19 heavy (non-hydrogen) atoms. The summed E-state index contributed by atoms with van der Waals surface area (Å²) in [5, 5.41) is 10.9. The number of hydrogen-bond donors (Lipinski definition) is 0. The highest BCUT2D eigenvalue weighted by molar-refractivity contribution is 8.09. The summed E-state index contributed by atoms with van der Waals surface area (Å²) in [5.74, 6) is 0. The van der Waals surface area contributed by atoms with Gasteiger partial charge < -0.3 is 9.05 Å². The van der Waals surface area contributed by atoms with Gasteiger partial charge in [-0.1, -0.05) is 26.2 Å². The van der Waals surface area contributed by atoms with E-state index in [9.17, 15) is 4.57 Å². The molecule has 0 aromatic heterocycles. The molecular formula is C13H26NO3PS. The van der Waals surface area contributed by atoms with Gasteiger partial charge in [0.05, 0.1) is 12.2 Å². The van der Waals surface area contributed by atoms with Gasteiger partial charge in [-0.25, -0.2) is 0 Å². The van der Waals surface area contributed by atoms with E-state index >= 15 is 0 Å². The summed E-state index contributed by atoms with van der Waals surface area (Å²) in [6, 6.07) is 0. The van der Waals surface area contributed by atoms with Gasteiger partial charge in [0, 0.05) is 0 Å². The van der Waals surface area contributed by atoms with E-state index in [0.29, 0.717) is 6.42 Å². The molecule has 0 fully saturated rings. The van der Waals surface area contributed by atoms with Crippen molar-refractivity contribution in [3.8, 4) is 5.40 Å². The first-order valence-electron chi connectivity index (χ1n) is 6.87. The molecule has 0 rings (SSSR count). The highest BCUT2D eigenvalue weighted by Crippen LogP contribution is 2.60. The summed E-state index contributed by atoms with van der Waals surface area (Å²) in [6.07, 6.45) is 3.40. The van der Waals surface area contributed by atoms with Gasteiger partial charge in [-0.2, -0.15) is 5.26 Å². The summed E-state index contributed by atoms with van der Waals surface area (Å²) in [7, 11) is -3.26. The molecule has 0 saturated heterocycles. The Kier molecular flexibility index (Phi) is 9.82. The topological polar surface area (TPSA) is 59.3 Å². The number of thioether (sulfide) groups is 1. The third-order valence-electron chi connectivity index (χ3n) is 2.31. The fraction of sp³-hybridized carbons (Fsp3) is 0.923. The second-order valence-electron chi connectivity index (χ2n) is 5.01. The predicted octanol–water partition coefficient (Wildman–Crippen LogP) is 5.15. The lowest BCUT2D eigenvalue weighted by molar-refractivity contribution is 0.140. The Bertz CT molecular complexity index is 314. The van der Waals surface area contributed by atoms with Crippen molar-refractivity contribution in [2.75, 3.05) is 0 Å². The molecule has 0 aromatic rings. The summed E-state index contributed by atoms with van der Waals surface area (Å²) < 4.78 is 24.0. The van der Waals surface area contributed by atoms with Crippen molar-refractivity contribution in [2.45, 2.75) is 77.5 Å². The summed E-state index contributed by atoms with van der Waals surface area (Å²) in [6.45, 7) is 9.43. The Morgan fingerprint density at radius 1 is 1.16 bits per heavy atom. The van der Waals surface area contributed by atoms with Gasteiger partial charge in [-0.3, -0.25) is 4.57 Å². The van der Waals surface area contributed by atoms with Crippen molar-refractivity contribution in [3.05, 3.63) is 0 Å². The average molecular weight is 307 g/mol. The molecular weight excluding hydrogens is 281 g/mol. The predicted molar refractivity (Wildman–Crippen MR) is 81.2 cm³/mol. The zero-order valence-corrected chi connectivity index (χ0v) is 14.3. The van der Waals surface area contributed by atoms with Gasteiger partial charge in [-0.15, -0.1) is 0 Å². The van der Waals surface area contributed by atoms with E-state index in [-0.39, 0.29) is 12.2 Å². The largest absolute Gasteiger partial charge is 0.345 e. The monoisotopic (exact) mass is 307 g/mol. The van der Waals surface area contributed by atoms with E-state index < -0.39 is 12.6 Å². The second kappa shape index (κ2) is 9.83. The average Bonchev–Trinajstić information content (AvgIpc) is 2.25. The Balaban J connectivity index is 4.91. The molecule has 0 radical (unpaired) electrons. The maximum Gasteiger partial charge on any atom is 0.345 e. The molecule has 1 atom stereocenters. The van der Waals surface area contributed by atoms with Gasteiger partial charge in [0.15, 0.2) is 0 Å². The SMILES string of the molecule is CCCCC[C@H](SC#N)P(=O)(OC(C)C)OC(C)C. The van der Waals surface area contributed by atoms with E-state index in [4.69, 9.17) is 14.3 Å². The standard InChI is InChI=1S/C13H26NO3PS/c1-6-7-8-9-13(19-10-14)18(15,16-11(2)3)17-12(4)5/h11-13H,6-9H2,1-5H3/t13-/m0/s1. The quantitative estimate of drug-likeness (QED) is 0.317. The van der Waals surface area contributed by atoms with Crippen LogP contribution in [0.25, 0.3) is 0 Å². The Morgan fingerprint density at radius 3 is 2.05 bits per heavy atom. The first kappa shape index (κ1) is 19.0. The normalized spacial score (nSPS) is 13.8. The van der Waals surface area contributed by atoms with Crippen LogP contribution in [0.3, 0.4) is 0 Å². The molecule has 0 aromatic carbocycles. The number of rotatable bonds is 10. The van der Waals surface area contributed by atoms with Gasteiger partial charge in [0.2, 0.25) is 0 Å². The first-order chi connectivity index (χ1) is 8.85. The molecule has 0 saturated carbocycles. The smallest absolute Gasteiger partial charge is 0.305 e. The highest BCUT2D eigenvalue weighted by atomic mass is 32.2. The van der Waals surface area contributed by atoms with E-state index in [1.54, 1.807) is 0 Å². The Hall–Kier alpha value is -0.0100. The van der Waals surface area contributed by atoms with Crippen LogP contribution in [0.1, 0.15) is 60.3 Å². The summed E-state index contributed by atoms with van der Waals surface area (Å²) >= 11 is 1.01. The van der Waals surface area contributed by atoms with E-state index in [1.165, 1.54) is 0 Å². The van der Waals surface area contributed by atoms with E-state index in [0.717, 1.165) is 31.0 Å². The van der Waals surface area contributed by atoms with Crippen LogP contribution in [0.2, 0.25) is 0 Å². The lowest BCUT2D eigenvalue weighted by atomic mass is 10.2. The molecule has 4 nitrogen and oxygen atoms in total. The van der Waals surface area contributed by atoms with Crippen molar-refractivity contribution >= 4 is 19.4 Å². The van der Waals surface area contributed by atoms with Crippen molar-refractivity contribution in [1.82, 2.24) is 0 Å². The lowest BCUT2D eigenvalue weighted by Gasteiger charge is -2.28. The number of nitrogens with zero attached hydrogens (tertiary/aromatic N) is 1. The van der Waals surface area contributed by atoms with Crippen LogP contribution >= 0.6 is 19.4 Å². The molecule has 0 aliphatic carbocycles. The molecule has 0 spiro atoms. The van der Waals surface area contributed by atoms with E-state index in [1.807, 2.05) is 33.1 Å². The van der Waals surface area contributed by atoms with Crippen molar-refractivity contribution in [3.63, 3.8) is 0 Å². The number of hydrogen-bond acceptors (Lipinski definition) is 5. The Labute approximate surface area is 121 Å². The minimum Gasteiger partial charge on any atom is -0.305 e. The maximum absolute atomic E-state index is 12.9. The van der Waals surface area contributed by atoms with E-state index in [2.05, 4.69) is 6.92 Å². The van der Waals surface area contributed by atoms with Crippen molar-refractivity contribution in [2.24, 2.45) is 0 Å². The molecule has 0 heterocycles. The van der Waals surface area contributed by atoms with Crippen molar-refractivity contribution < 1.29 is 13.6 Å². The van der Waals surface area contributed by atoms with Crippen LogP contribution in [-0.2, 0) is 13.6 Å². The van der Waals surface area contributed by atoms with Crippen LogP contribution in [-0.4, -0.2) is 17.2 Å². The highest BCUT2D eigenvalue weighted by Gasteiger charge is 2.38. The van der Waals surface area contributed by atoms with Crippen LogP contribution in [0, 0.1) is 10.7 Å². The molecule has 0 aliphatic heterocycles. The Morgan fingerprint density at radius 2 is 1.68 bits per heavy atom. The molecule has 0 aliphatic rings. The molecule has 0 unspecified atom stereocenters. The number of unbranched alkanes of at least 4 members (excludes halogenated alkanes) is 2. The third kappa shape index (κ3) is 7.99. The van der Waals surface area contributed by atoms with Gasteiger partial charge in [-0.05, 0) is 45.9 Å². The summed E-state index contributed by atoms with van der Waals surface area (Å²) in [4.78, 5) is -0.395. The minimum atomic E-state index is -3.26. The number of nitriles is 1. The van der Waals surface area contributed by atoms with Crippen LogP contribution in [0.15, 0.2) is 0 Å².